The second kappa shape index (κ2) is 7.49. The molecule has 1 aromatic carbocycles. The fourth-order valence-corrected chi connectivity index (χ4v) is 3.32. The number of halogens is 3. The van der Waals surface area contributed by atoms with Crippen LogP contribution in [-0.2, 0) is 11.3 Å². The molecule has 0 aliphatic rings. The summed E-state index contributed by atoms with van der Waals surface area (Å²) in [5.41, 5.74) is 1.42. The predicted octanol–water partition coefficient (Wildman–Crippen LogP) is 3.50. The van der Waals surface area contributed by atoms with Crippen molar-refractivity contribution in [2.45, 2.75) is 12.6 Å². The maximum absolute atomic E-state index is 14.3. The average Bonchev–Trinajstić information content (AvgIpc) is 2.82. The molecule has 2 aromatic rings. The van der Waals surface area contributed by atoms with E-state index >= 15 is 0 Å². The summed E-state index contributed by atoms with van der Waals surface area (Å²) in [6.07, 6.45) is 1.71. The fraction of sp³-hybridized carbons (Fsp3) is 0.357. The number of nitrogens with zero attached hydrogens (tertiary/aromatic N) is 2. The van der Waals surface area contributed by atoms with Gasteiger partial charge in [-0.05, 0) is 35.1 Å². The van der Waals surface area contributed by atoms with Crippen molar-refractivity contribution in [2.24, 2.45) is 0 Å². The molecule has 0 fully saturated rings. The third kappa shape index (κ3) is 3.53. The molecule has 0 saturated carbocycles. The van der Waals surface area contributed by atoms with Gasteiger partial charge in [0, 0.05) is 17.1 Å². The van der Waals surface area contributed by atoms with Gasteiger partial charge in [0.25, 0.3) is 0 Å². The van der Waals surface area contributed by atoms with Gasteiger partial charge in [-0.15, -0.1) is 0 Å². The summed E-state index contributed by atoms with van der Waals surface area (Å²) < 4.78 is 22.7. The summed E-state index contributed by atoms with van der Waals surface area (Å²) >= 11 is 6.92. The largest absolute Gasteiger partial charge is 0.383 e. The standard InChI is InChI=1S/C14H16Br2FN3O/c1-18-13(12-9(15)4-3-5-11(12)17)14-10(16)8-19-20(14)6-7-21-2/h3-5,8,13,18H,6-7H2,1-2H3. The van der Waals surface area contributed by atoms with E-state index in [4.69, 9.17) is 4.74 Å². The Balaban J connectivity index is 2.49. The zero-order valence-corrected chi connectivity index (χ0v) is 14.9. The van der Waals surface area contributed by atoms with Crippen LogP contribution in [0.25, 0.3) is 0 Å². The third-order valence-electron chi connectivity index (χ3n) is 3.19. The number of ether oxygens (including phenoxy) is 1. The Bertz CT molecular complexity index is 598. The summed E-state index contributed by atoms with van der Waals surface area (Å²) in [6.45, 7) is 1.14. The Kier molecular flexibility index (Phi) is 5.92. The molecular formula is C14H16Br2FN3O. The molecule has 0 aliphatic heterocycles. The molecule has 7 heteroatoms. The van der Waals surface area contributed by atoms with Crippen molar-refractivity contribution < 1.29 is 9.13 Å². The molecule has 1 N–H and O–H groups in total. The van der Waals surface area contributed by atoms with Gasteiger partial charge in [0.05, 0.1) is 35.6 Å². The molecule has 0 aliphatic carbocycles. The molecular weight excluding hydrogens is 405 g/mol. The van der Waals surface area contributed by atoms with Gasteiger partial charge in [-0.25, -0.2) is 4.39 Å². The summed E-state index contributed by atoms with van der Waals surface area (Å²) in [7, 11) is 3.44. The minimum Gasteiger partial charge on any atom is -0.383 e. The summed E-state index contributed by atoms with van der Waals surface area (Å²) in [4.78, 5) is 0. The number of methoxy groups -OCH3 is 1. The van der Waals surface area contributed by atoms with E-state index in [1.807, 2.05) is 10.7 Å². The van der Waals surface area contributed by atoms with E-state index in [1.54, 1.807) is 26.4 Å². The van der Waals surface area contributed by atoms with Crippen LogP contribution in [0.15, 0.2) is 33.3 Å². The number of hydrogen-bond donors (Lipinski definition) is 1. The molecule has 0 bridgehead atoms. The van der Waals surface area contributed by atoms with Crippen LogP contribution in [0.1, 0.15) is 17.3 Å². The van der Waals surface area contributed by atoms with E-state index < -0.39 is 0 Å². The monoisotopic (exact) mass is 419 g/mol. The van der Waals surface area contributed by atoms with E-state index in [2.05, 4.69) is 42.3 Å². The maximum Gasteiger partial charge on any atom is 0.129 e. The number of benzene rings is 1. The Labute approximate surface area is 139 Å². The highest BCUT2D eigenvalue weighted by Gasteiger charge is 2.25. The lowest BCUT2D eigenvalue weighted by Crippen LogP contribution is -2.24. The molecule has 0 saturated heterocycles. The Hall–Kier alpha value is -0.760. The molecule has 0 spiro atoms. The number of nitrogens with one attached hydrogen (secondary N) is 1. The van der Waals surface area contributed by atoms with Gasteiger partial charge in [-0.2, -0.15) is 5.10 Å². The van der Waals surface area contributed by atoms with Crippen molar-refractivity contribution in [3.05, 3.63) is 50.4 Å². The van der Waals surface area contributed by atoms with Gasteiger partial charge in [0.1, 0.15) is 5.82 Å². The summed E-state index contributed by atoms with van der Waals surface area (Å²) in [5.74, 6) is -0.268. The Morgan fingerprint density at radius 1 is 1.38 bits per heavy atom. The first-order chi connectivity index (χ1) is 10.1. The summed E-state index contributed by atoms with van der Waals surface area (Å²) in [5, 5.41) is 7.48. The molecule has 0 amide bonds. The maximum atomic E-state index is 14.3. The Morgan fingerprint density at radius 2 is 2.14 bits per heavy atom. The molecule has 0 radical (unpaired) electrons. The summed E-state index contributed by atoms with van der Waals surface area (Å²) in [6, 6.07) is 4.63. The molecule has 2 rings (SSSR count). The van der Waals surface area contributed by atoms with Crippen LogP contribution < -0.4 is 5.32 Å². The zero-order valence-electron chi connectivity index (χ0n) is 11.7. The van der Waals surface area contributed by atoms with Crippen molar-refractivity contribution >= 4 is 31.9 Å². The van der Waals surface area contributed by atoms with Crippen molar-refractivity contribution in [3.63, 3.8) is 0 Å². The zero-order chi connectivity index (χ0) is 15.4. The highest BCUT2D eigenvalue weighted by molar-refractivity contribution is 9.10. The number of rotatable bonds is 6. The quantitative estimate of drug-likeness (QED) is 0.777. The number of aromatic nitrogens is 2. The lowest BCUT2D eigenvalue weighted by Gasteiger charge is -2.21. The van der Waals surface area contributed by atoms with E-state index in [-0.39, 0.29) is 11.9 Å². The van der Waals surface area contributed by atoms with Gasteiger partial charge in [0.15, 0.2) is 0 Å². The topological polar surface area (TPSA) is 39.1 Å². The smallest absolute Gasteiger partial charge is 0.129 e. The van der Waals surface area contributed by atoms with E-state index in [9.17, 15) is 4.39 Å². The second-order valence-corrected chi connectivity index (χ2v) is 6.16. The molecule has 114 valence electrons. The van der Waals surface area contributed by atoms with Crippen molar-refractivity contribution in [1.82, 2.24) is 15.1 Å². The second-order valence-electron chi connectivity index (χ2n) is 4.45. The normalized spacial score (nSPS) is 12.6. The molecule has 1 aromatic heterocycles. The highest BCUT2D eigenvalue weighted by atomic mass is 79.9. The van der Waals surface area contributed by atoms with Crippen molar-refractivity contribution in [2.75, 3.05) is 20.8 Å². The van der Waals surface area contributed by atoms with Crippen LogP contribution >= 0.6 is 31.9 Å². The predicted molar refractivity (Wildman–Crippen MR) is 86.8 cm³/mol. The van der Waals surface area contributed by atoms with Crippen LogP contribution in [0.3, 0.4) is 0 Å². The molecule has 21 heavy (non-hydrogen) atoms. The minimum atomic E-state index is -0.325. The van der Waals surface area contributed by atoms with Crippen molar-refractivity contribution in [1.29, 1.82) is 0 Å². The van der Waals surface area contributed by atoms with Crippen LogP contribution in [0.5, 0.6) is 0 Å². The van der Waals surface area contributed by atoms with Crippen LogP contribution in [0, 0.1) is 5.82 Å². The van der Waals surface area contributed by atoms with Crippen LogP contribution in [0.4, 0.5) is 4.39 Å². The van der Waals surface area contributed by atoms with Gasteiger partial charge >= 0.3 is 0 Å². The van der Waals surface area contributed by atoms with Gasteiger partial charge in [0.2, 0.25) is 0 Å². The fourth-order valence-electron chi connectivity index (χ4n) is 2.22. The van der Waals surface area contributed by atoms with Crippen molar-refractivity contribution in [3.8, 4) is 0 Å². The molecule has 4 nitrogen and oxygen atoms in total. The molecule has 1 unspecified atom stereocenters. The first-order valence-corrected chi connectivity index (χ1v) is 8.00. The minimum absolute atomic E-state index is 0.268. The van der Waals surface area contributed by atoms with Crippen LogP contribution in [-0.4, -0.2) is 30.5 Å². The molecule has 1 atom stereocenters. The number of hydrogen-bond acceptors (Lipinski definition) is 3. The first kappa shape index (κ1) is 16.6. The van der Waals surface area contributed by atoms with Gasteiger partial charge in [-0.3, -0.25) is 4.68 Å². The van der Waals surface area contributed by atoms with Crippen LogP contribution in [0.2, 0.25) is 0 Å². The van der Waals surface area contributed by atoms with E-state index in [0.29, 0.717) is 23.2 Å². The van der Waals surface area contributed by atoms with Gasteiger partial charge < -0.3 is 10.1 Å². The SMILES string of the molecule is CNC(c1c(F)cccc1Br)c1c(Br)cnn1CCOC. The highest BCUT2D eigenvalue weighted by Crippen LogP contribution is 2.34. The Morgan fingerprint density at radius 3 is 2.76 bits per heavy atom. The average molecular weight is 421 g/mol. The molecule has 1 heterocycles. The van der Waals surface area contributed by atoms with E-state index in [1.165, 1.54) is 6.07 Å². The third-order valence-corrected chi connectivity index (χ3v) is 4.49. The van der Waals surface area contributed by atoms with Gasteiger partial charge in [-0.1, -0.05) is 22.0 Å². The van der Waals surface area contributed by atoms with E-state index in [0.717, 1.165) is 10.2 Å². The first-order valence-electron chi connectivity index (χ1n) is 6.41. The lowest BCUT2D eigenvalue weighted by molar-refractivity contribution is 0.182. The lowest BCUT2D eigenvalue weighted by atomic mass is 10.0.